The zero-order valence-corrected chi connectivity index (χ0v) is 14.9. The maximum atomic E-state index is 13.3. The number of hydrogen-bond donors (Lipinski definition) is 3. The molecular weight excluding hydrogens is 375 g/mol. The number of rotatable bonds is 4. The summed E-state index contributed by atoms with van der Waals surface area (Å²) in [7, 11) is -3.81. The first-order valence-corrected chi connectivity index (χ1v) is 9.53. The van der Waals surface area contributed by atoms with Gasteiger partial charge < -0.3 is 15.5 Å². The third kappa shape index (κ3) is 4.60. The van der Waals surface area contributed by atoms with E-state index in [0.717, 1.165) is 0 Å². The highest BCUT2D eigenvalue weighted by atomic mass is 32.2. The normalized spacial score (nSPS) is 17.0. The first kappa shape index (κ1) is 18.8. The Morgan fingerprint density at radius 3 is 2.52 bits per heavy atom. The minimum atomic E-state index is -3.81. The lowest BCUT2D eigenvalue weighted by atomic mass is 10.2. The van der Waals surface area contributed by atoms with Gasteiger partial charge in [0.2, 0.25) is 15.9 Å². The van der Waals surface area contributed by atoms with Gasteiger partial charge in [0, 0.05) is 24.3 Å². The number of nitrogens with zero attached hydrogens (tertiary/aromatic N) is 1. The van der Waals surface area contributed by atoms with E-state index in [1.54, 1.807) is 6.07 Å². The van der Waals surface area contributed by atoms with Gasteiger partial charge in [0.1, 0.15) is 5.82 Å². The lowest BCUT2D eigenvalue weighted by Crippen LogP contribution is -2.39. The number of sulfonamides is 1. The van der Waals surface area contributed by atoms with E-state index in [4.69, 9.17) is 5.14 Å². The van der Waals surface area contributed by atoms with Crippen molar-refractivity contribution in [2.45, 2.75) is 17.4 Å². The Morgan fingerprint density at radius 1 is 1.19 bits per heavy atom. The summed E-state index contributed by atoms with van der Waals surface area (Å²) >= 11 is 0. The van der Waals surface area contributed by atoms with Crippen molar-refractivity contribution in [3.63, 3.8) is 0 Å². The van der Waals surface area contributed by atoms with Gasteiger partial charge in [-0.15, -0.1) is 0 Å². The van der Waals surface area contributed by atoms with Gasteiger partial charge in [-0.2, -0.15) is 0 Å². The zero-order valence-electron chi connectivity index (χ0n) is 14.1. The summed E-state index contributed by atoms with van der Waals surface area (Å²) in [6.45, 7) is 0.222. The minimum absolute atomic E-state index is 0.0689. The molecule has 27 heavy (non-hydrogen) atoms. The predicted molar refractivity (Wildman–Crippen MR) is 97.1 cm³/mol. The van der Waals surface area contributed by atoms with Gasteiger partial charge in [-0.3, -0.25) is 4.79 Å². The quantitative estimate of drug-likeness (QED) is 0.728. The molecule has 1 heterocycles. The van der Waals surface area contributed by atoms with E-state index in [2.05, 4.69) is 10.6 Å². The van der Waals surface area contributed by atoms with Crippen LogP contribution in [0.2, 0.25) is 0 Å². The summed E-state index contributed by atoms with van der Waals surface area (Å²) in [5.41, 5.74) is 0.800. The van der Waals surface area contributed by atoms with Crippen LogP contribution in [0.3, 0.4) is 0 Å². The van der Waals surface area contributed by atoms with Crippen LogP contribution in [0, 0.1) is 5.82 Å². The molecule has 0 aliphatic carbocycles. The van der Waals surface area contributed by atoms with E-state index in [1.807, 2.05) is 0 Å². The van der Waals surface area contributed by atoms with Crippen molar-refractivity contribution < 1.29 is 22.4 Å². The topological polar surface area (TPSA) is 122 Å². The molecule has 2 aromatic rings. The van der Waals surface area contributed by atoms with Gasteiger partial charge in [0.25, 0.3) is 0 Å². The lowest BCUT2D eigenvalue weighted by molar-refractivity contribution is -0.117. The Bertz CT molecular complexity index is 979. The first-order valence-electron chi connectivity index (χ1n) is 7.99. The van der Waals surface area contributed by atoms with Crippen LogP contribution in [-0.2, 0) is 14.8 Å². The van der Waals surface area contributed by atoms with Crippen LogP contribution in [0.4, 0.5) is 20.6 Å². The van der Waals surface area contributed by atoms with E-state index in [0.29, 0.717) is 11.4 Å². The first-order chi connectivity index (χ1) is 12.7. The Kier molecular flexibility index (Phi) is 5.10. The molecule has 1 atom stereocenters. The second kappa shape index (κ2) is 7.33. The molecule has 0 bridgehead atoms. The molecular formula is C17H17FN4O4S. The number of carbonyl (C=O) groups excluding carboxylic acids is 2. The molecule has 0 saturated carbocycles. The Morgan fingerprint density at radius 2 is 1.89 bits per heavy atom. The van der Waals surface area contributed by atoms with Crippen LogP contribution in [0.15, 0.2) is 53.4 Å². The monoisotopic (exact) mass is 392 g/mol. The van der Waals surface area contributed by atoms with Crippen LogP contribution >= 0.6 is 0 Å². The zero-order chi connectivity index (χ0) is 19.6. The average Bonchev–Trinajstić information content (AvgIpc) is 2.94. The molecule has 0 radical (unpaired) electrons. The van der Waals surface area contributed by atoms with Crippen molar-refractivity contribution in [3.05, 3.63) is 54.3 Å². The highest BCUT2D eigenvalue weighted by Gasteiger charge is 2.31. The van der Waals surface area contributed by atoms with Crippen molar-refractivity contribution in [3.8, 4) is 0 Å². The van der Waals surface area contributed by atoms with Gasteiger partial charge in [0.05, 0.1) is 10.9 Å². The summed E-state index contributed by atoms with van der Waals surface area (Å²) in [5, 5.41) is 10.2. The van der Waals surface area contributed by atoms with Crippen molar-refractivity contribution in [1.29, 1.82) is 0 Å². The Balaban J connectivity index is 1.59. The van der Waals surface area contributed by atoms with Crippen LogP contribution in [0.5, 0.6) is 0 Å². The highest BCUT2D eigenvalue weighted by Crippen LogP contribution is 2.22. The number of halogens is 1. The molecule has 2 aromatic carbocycles. The highest BCUT2D eigenvalue weighted by molar-refractivity contribution is 7.89. The molecule has 1 unspecified atom stereocenters. The number of nitrogens with one attached hydrogen (secondary N) is 2. The molecule has 1 fully saturated rings. The molecule has 142 valence electrons. The van der Waals surface area contributed by atoms with Crippen molar-refractivity contribution in [1.82, 2.24) is 5.32 Å². The third-order valence-corrected chi connectivity index (χ3v) is 4.95. The number of benzene rings is 2. The fraction of sp³-hybridized carbons (Fsp3) is 0.176. The standard InChI is InChI=1S/C17H17FN4O4S/c18-11-2-1-3-14(8-11)22-10-13(9-16(22)23)21-17(24)20-12-4-6-15(7-5-12)27(19,25)26/h1-8,13H,9-10H2,(H2,19,25,26)(H2,20,21,24). The molecule has 1 saturated heterocycles. The van der Waals surface area contributed by atoms with Gasteiger partial charge in [-0.05, 0) is 42.5 Å². The van der Waals surface area contributed by atoms with Gasteiger partial charge in [0.15, 0.2) is 0 Å². The number of carbonyl (C=O) groups is 2. The molecule has 8 nitrogen and oxygen atoms in total. The van der Waals surface area contributed by atoms with Gasteiger partial charge in [-0.25, -0.2) is 22.7 Å². The maximum absolute atomic E-state index is 13.3. The molecule has 3 amide bonds. The fourth-order valence-corrected chi connectivity index (χ4v) is 3.29. The van der Waals surface area contributed by atoms with Crippen LogP contribution in [-0.4, -0.2) is 32.9 Å². The number of urea groups is 1. The summed E-state index contributed by atoms with van der Waals surface area (Å²) in [5.74, 6) is -0.666. The Hall–Kier alpha value is -2.98. The van der Waals surface area contributed by atoms with E-state index in [1.165, 1.54) is 47.4 Å². The molecule has 3 rings (SSSR count). The number of hydrogen-bond acceptors (Lipinski definition) is 4. The van der Waals surface area contributed by atoms with E-state index in [-0.39, 0.29) is 23.8 Å². The average molecular weight is 392 g/mol. The van der Waals surface area contributed by atoms with Crippen LogP contribution < -0.4 is 20.7 Å². The Labute approximate surface area is 155 Å². The summed E-state index contributed by atoms with van der Waals surface area (Å²) in [6, 6.07) is 10.0. The second-order valence-corrected chi connectivity index (χ2v) is 7.61. The van der Waals surface area contributed by atoms with E-state index >= 15 is 0 Å². The smallest absolute Gasteiger partial charge is 0.319 e. The fourth-order valence-electron chi connectivity index (χ4n) is 2.78. The molecule has 0 spiro atoms. The molecule has 4 N–H and O–H groups in total. The molecule has 1 aliphatic heterocycles. The number of amides is 3. The van der Waals surface area contributed by atoms with Gasteiger partial charge in [-0.1, -0.05) is 6.07 Å². The minimum Gasteiger partial charge on any atom is -0.333 e. The SMILES string of the molecule is NS(=O)(=O)c1ccc(NC(=O)NC2CC(=O)N(c3cccc(F)c3)C2)cc1. The number of anilines is 2. The largest absolute Gasteiger partial charge is 0.333 e. The maximum Gasteiger partial charge on any atom is 0.319 e. The second-order valence-electron chi connectivity index (χ2n) is 6.05. The van der Waals surface area contributed by atoms with Crippen molar-refractivity contribution in [2.24, 2.45) is 5.14 Å². The van der Waals surface area contributed by atoms with Crippen molar-refractivity contribution in [2.75, 3.05) is 16.8 Å². The molecule has 0 aromatic heterocycles. The van der Waals surface area contributed by atoms with E-state index < -0.39 is 27.9 Å². The molecule has 1 aliphatic rings. The predicted octanol–water partition coefficient (Wildman–Crippen LogP) is 1.40. The summed E-state index contributed by atoms with van der Waals surface area (Å²) in [4.78, 5) is 25.6. The third-order valence-electron chi connectivity index (χ3n) is 4.02. The lowest BCUT2D eigenvalue weighted by Gasteiger charge is -2.17. The van der Waals surface area contributed by atoms with Gasteiger partial charge >= 0.3 is 6.03 Å². The summed E-state index contributed by atoms with van der Waals surface area (Å²) in [6.07, 6.45) is 0.0916. The number of primary sulfonamides is 1. The van der Waals surface area contributed by atoms with Crippen LogP contribution in [0.25, 0.3) is 0 Å². The molecule has 10 heteroatoms. The van der Waals surface area contributed by atoms with E-state index in [9.17, 15) is 22.4 Å². The number of nitrogens with two attached hydrogens (primary N) is 1. The van der Waals surface area contributed by atoms with Crippen molar-refractivity contribution >= 4 is 33.3 Å². The van der Waals surface area contributed by atoms with Crippen LogP contribution in [0.1, 0.15) is 6.42 Å². The summed E-state index contributed by atoms with van der Waals surface area (Å²) < 4.78 is 35.8.